The molecule has 38 heavy (non-hydrogen) atoms. The first-order valence-corrected chi connectivity index (χ1v) is 14.0. The minimum Gasteiger partial charge on any atom is -0.490 e. The van der Waals surface area contributed by atoms with Crippen molar-refractivity contribution in [2.75, 3.05) is 13.2 Å². The number of benzene rings is 3. The Morgan fingerprint density at radius 2 is 1.79 bits per heavy atom. The number of carbonyl (C=O) groups excluding carboxylic acids is 3. The van der Waals surface area contributed by atoms with Crippen molar-refractivity contribution in [3.8, 4) is 11.5 Å². The molecule has 0 spiro atoms. The van der Waals surface area contributed by atoms with E-state index in [1.54, 1.807) is 32.9 Å². The molecule has 0 atom stereocenters. The Labute approximate surface area is 239 Å². The normalized spacial score (nSPS) is 14.9. The van der Waals surface area contributed by atoms with Gasteiger partial charge in [0.1, 0.15) is 18.8 Å². The van der Waals surface area contributed by atoms with E-state index in [-0.39, 0.29) is 4.91 Å². The summed E-state index contributed by atoms with van der Waals surface area (Å²) < 4.78 is 18.2. The number of amides is 2. The Morgan fingerprint density at radius 1 is 1.05 bits per heavy atom. The van der Waals surface area contributed by atoms with Gasteiger partial charge in [-0.25, -0.2) is 0 Å². The smallest absolute Gasteiger partial charge is 0.326 e. The van der Waals surface area contributed by atoms with E-state index in [1.807, 2.05) is 37.3 Å². The molecule has 1 aliphatic rings. The third-order valence-electron chi connectivity index (χ3n) is 5.46. The highest BCUT2D eigenvalue weighted by Crippen LogP contribution is 2.38. The summed E-state index contributed by atoms with van der Waals surface area (Å²) in [6, 6.07) is 17.9. The molecule has 3 aromatic carbocycles. The van der Waals surface area contributed by atoms with Gasteiger partial charge >= 0.3 is 5.97 Å². The molecule has 4 rings (SSSR count). The van der Waals surface area contributed by atoms with Crippen LogP contribution in [0, 0.1) is 3.57 Å². The maximum atomic E-state index is 12.9. The van der Waals surface area contributed by atoms with Gasteiger partial charge in [0.15, 0.2) is 11.5 Å². The number of fused-ring (bicyclic) bond motifs is 1. The van der Waals surface area contributed by atoms with Crippen molar-refractivity contribution in [3.63, 3.8) is 0 Å². The molecular formula is C29H28INO6S. The van der Waals surface area contributed by atoms with Gasteiger partial charge in [-0.3, -0.25) is 19.3 Å². The van der Waals surface area contributed by atoms with Crippen LogP contribution >= 0.6 is 34.4 Å². The van der Waals surface area contributed by atoms with Crippen LogP contribution in [0.25, 0.3) is 16.8 Å². The molecule has 0 bridgehead atoms. The van der Waals surface area contributed by atoms with Gasteiger partial charge in [-0.1, -0.05) is 42.5 Å². The molecule has 7 nitrogen and oxygen atoms in total. The fourth-order valence-electron chi connectivity index (χ4n) is 3.93. The van der Waals surface area contributed by atoms with Crippen molar-refractivity contribution in [2.24, 2.45) is 0 Å². The number of hydrogen-bond donors (Lipinski definition) is 0. The number of hydrogen-bond acceptors (Lipinski definition) is 7. The number of thioether (sulfide) groups is 1. The fraction of sp³-hybridized carbons (Fsp3) is 0.276. The average Bonchev–Trinajstić information content (AvgIpc) is 3.10. The summed E-state index contributed by atoms with van der Waals surface area (Å²) in [5.74, 6) is -0.0218. The van der Waals surface area contributed by atoms with Gasteiger partial charge in [0.25, 0.3) is 11.1 Å². The van der Waals surface area contributed by atoms with Gasteiger partial charge in [0, 0.05) is 0 Å². The van der Waals surface area contributed by atoms with Crippen LogP contribution in [0.3, 0.4) is 0 Å². The van der Waals surface area contributed by atoms with Gasteiger partial charge in [0.2, 0.25) is 0 Å². The zero-order chi connectivity index (χ0) is 27.4. The molecular weight excluding hydrogens is 617 g/mol. The zero-order valence-electron chi connectivity index (χ0n) is 21.6. The highest BCUT2D eigenvalue weighted by molar-refractivity contribution is 14.1. The van der Waals surface area contributed by atoms with Gasteiger partial charge in [-0.2, -0.15) is 0 Å². The second kappa shape index (κ2) is 11.8. The van der Waals surface area contributed by atoms with E-state index in [9.17, 15) is 14.4 Å². The number of rotatable bonds is 8. The fourth-order valence-corrected chi connectivity index (χ4v) is 5.55. The molecule has 198 valence electrons. The number of esters is 1. The first-order valence-electron chi connectivity index (χ1n) is 12.1. The topological polar surface area (TPSA) is 82.1 Å². The lowest BCUT2D eigenvalue weighted by Gasteiger charge is -2.21. The third kappa shape index (κ3) is 6.68. The third-order valence-corrected chi connectivity index (χ3v) is 7.17. The molecule has 3 aromatic rings. The molecule has 1 heterocycles. The van der Waals surface area contributed by atoms with Crippen molar-refractivity contribution in [2.45, 2.75) is 39.9 Å². The molecule has 1 aliphatic heterocycles. The number of imide groups is 1. The Balaban J connectivity index is 1.55. The van der Waals surface area contributed by atoms with E-state index in [0.29, 0.717) is 30.3 Å². The monoisotopic (exact) mass is 645 g/mol. The second-order valence-corrected chi connectivity index (χ2v) is 11.7. The molecule has 0 aliphatic carbocycles. The first kappa shape index (κ1) is 28.0. The van der Waals surface area contributed by atoms with Crippen LogP contribution in [0.2, 0.25) is 0 Å². The Morgan fingerprint density at radius 3 is 2.53 bits per heavy atom. The van der Waals surface area contributed by atoms with E-state index >= 15 is 0 Å². The summed E-state index contributed by atoms with van der Waals surface area (Å²) in [6.07, 6.45) is 1.62. The van der Waals surface area contributed by atoms with Gasteiger partial charge in [-0.15, -0.1) is 0 Å². The van der Waals surface area contributed by atoms with Crippen LogP contribution in [-0.4, -0.2) is 40.8 Å². The molecule has 1 fully saturated rings. The quantitative estimate of drug-likeness (QED) is 0.151. The second-order valence-electron chi connectivity index (χ2n) is 9.54. The molecule has 0 saturated carbocycles. The van der Waals surface area contributed by atoms with Crippen LogP contribution in [0.1, 0.15) is 38.8 Å². The highest BCUT2D eigenvalue weighted by atomic mass is 127. The van der Waals surface area contributed by atoms with E-state index in [2.05, 4.69) is 40.8 Å². The first-order chi connectivity index (χ1) is 18.1. The minimum atomic E-state index is -0.710. The van der Waals surface area contributed by atoms with Gasteiger partial charge in [-0.05, 0) is 102 Å². The standard InChI is InChI=1S/C29H28INO6S/c1-5-35-23-14-18(15-24-27(33)31(28(34)38-24)16-25(32)37-29(2,3)4)13-22(30)26(23)36-17-20-11-8-10-19-9-6-7-12-21(19)20/h6-15H,5,16-17H2,1-4H3. The zero-order valence-corrected chi connectivity index (χ0v) is 24.6. The van der Waals surface area contributed by atoms with Crippen molar-refractivity contribution in [1.82, 2.24) is 4.90 Å². The Kier molecular flexibility index (Phi) is 8.67. The molecule has 0 unspecified atom stereocenters. The predicted molar refractivity (Wildman–Crippen MR) is 157 cm³/mol. The lowest BCUT2D eigenvalue weighted by Crippen LogP contribution is -2.37. The van der Waals surface area contributed by atoms with Crippen LogP contribution < -0.4 is 9.47 Å². The van der Waals surface area contributed by atoms with E-state index in [0.717, 1.165) is 36.6 Å². The lowest BCUT2D eigenvalue weighted by molar-refractivity contribution is -0.156. The Bertz CT molecular complexity index is 1420. The number of carbonyl (C=O) groups is 3. The summed E-state index contributed by atoms with van der Waals surface area (Å²) in [7, 11) is 0. The van der Waals surface area contributed by atoms with E-state index in [4.69, 9.17) is 14.2 Å². The molecule has 1 saturated heterocycles. The van der Waals surface area contributed by atoms with Crippen molar-refractivity contribution in [3.05, 3.63) is 74.2 Å². The van der Waals surface area contributed by atoms with Crippen molar-refractivity contribution >= 4 is 68.3 Å². The van der Waals surface area contributed by atoms with Gasteiger partial charge in [0.05, 0.1) is 15.1 Å². The van der Waals surface area contributed by atoms with E-state index < -0.39 is 29.3 Å². The maximum Gasteiger partial charge on any atom is 0.326 e. The van der Waals surface area contributed by atoms with Crippen molar-refractivity contribution in [1.29, 1.82) is 0 Å². The predicted octanol–water partition coefficient (Wildman–Crippen LogP) is 6.80. The SMILES string of the molecule is CCOc1cc(C=C2SC(=O)N(CC(=O)OC(C)(C)C)C2=O)cc(I)c1OCc1cccc2ccccc12. The molecule has 2 amide bonds. The van der Waals surface area contributed by atoms with Crippen molar-refractivity contribution < 1.29 is 28.6 Å². The molecule has 0 aromatic heterocycles. The highest BCUT2D eigenvalue weighted by Gasteiger charge is 2.37. The molecule has 0 radical (unpaired) electrons. The summed E-state index contributed by atoms with van der Waals surface area (Å²) in [5, 5.41) is 1.76. The largest absolute Gasteiger partial charge is 0.490 e. The Hall–Kier alpha value is -3.05. The van der Waals surface area contributed by atoms with Crippen LogP contribution in [-0.2, 0) is 20.9 Å². The van der Waals surface area contributed by atoms with Crippen LogP contribution in [0.5, 0.6) is 11.5 Å². The summed E-state index contributed by atoms with van der Waals surface area (Å²) >= 11 is 2.97. The summed E-state index contributed by atoms with van der Waals surface area (Å²) in [4.78, 5) is 38.7. The molecule has 0 N–H and O–H groups in total. The average molecular weight is 646 g/mol. The van der Waals surface area contributed by atoms with E-state index in [1.165, 1.54) is 0 Å². The number of nitrogens with zero attached hydrogens (tertiary/aromatic N) is 1. The van der Waals surface area contributed by atoms with Gasteiger partial charge < -0.3 is 14.2 Å². The number of ether oxygens (including phenoxy) is 3. The van der Waals surface area contributed by atoms with Crippen LogP contribution in [0.4, 0.5) is 4.79 Å². The lowest BCUT2D eigenvalue weighted by atomic mass is 10.1. The molecule has 9 heteroatoms. The summed E-state index contributed by atoms with van der Waals surface area (Å²) in [6.45, 7) is 7.43. The minimum absolute atomic E-state index is 0.223. The van der Waals surface area contributed by atoms with Crippen LogP contribution in [0.15, 0.2) is 59.5 Å². The number of halogens is 1. The maximum absolute atomic E-state index is 12.9. The summed E-state index contributed by atoms with van der Waals surface area (Å²) in [5.41, 5.74) is 1.03.